The van der Waals surface area contributed by atoms with Crippen LogP contribution < -0.4 is 10.6 Å². The predicted molar refractivity (Wildman–Crippen MR) is 112 cm³/mol. The number of sulfonamides is 1. The Labute approximate surface area is 172 Å². The number of sulfone groups is 1. The Morgan fingerprint density at radius 1 is 1.24 bits per heavy atom. The molecule has 0 radical (unpaired) electrons. The molecule has 3 rings (SSSR count). The van der Waals surface area contributed by atoms with Gasteiger partial charge < -0.3 is 15.4 Å². The Balaban J connectivity index is 1.62. The average molecular weight is 445 g/mol. The third-order valence-electron chi connectivity index (χ3n) is 5.06. The van der Waals surface area contributed by atoms with E-state index in [-0.39, 0.29) is 23.3 Å². The summed E-state index contributed by atoms with van der Waals surface area (Å²) in [6.45, 7) is 1.98. The molecule has 29 heavy (non-hydrogen) atoms. The quantitative estimate of drug-likeness (QED) is 0.457. The highest BCUT2D eigenvalue weighted by Gasteiger charge is 2.28. The van der Waals surface area contributed by atoms with E-state index in [0.717, 1.165) is 11.1 Å². The van der Waals surface area contributed by atoms with Crippen LogP contribution in [0.3, 0.4) is 0 Å². The van der Waals surface area contributed by atoms with Crippen molar-refractivity contribution < 1.29 is 21.6 Å². The number of nitrogens with zero attached hydrogens (tertiary/aromatic N) is 2. The Morgan fingerprint density at radius 2 is 1.93 bits per heavy atom. The zero-order valence-corrected chi connectivity index (χ0v) is 18.1. The first-order chi connectivity index (χ1) is 13.8. The third-order valence-corrected chi connectivity index (χ3v) is 8.66. The standard InChI is InChI=1S/C18H28N4O5S2/c1-19-18(21-17-6-11-28(23,24)14-17)20-12-15-4-2-3-5-16(15)13-29(25,26)22-7-9-27-10-8-22/h2-5,17H,6-14H2,1H3,(H2,19,20,21). The smallest absolute Gasteiger partial charge is 0.218 e. The number of hydrogen-bond acceptors (Lipinski definition) is 6. The minimum atomic E-state index is -3.42. The van der Waals surface area contributed by atoms with Crippen LogP contribution in [-0.4, -0.2) is 78.0 Å². The molecule has 0 aliphatic carbocycles. The van der Waals surface area contributed by atoms with Gasteiger partial charge in [-0.3, -0.25) is 4.99 Å². The highest BCUT2D eigenvalue weighted by Crippen LogP contribution is 2.17. The van der Waals surface area contributed by atoms with Crippen molar-refractivity contribution in [3.8, 4) is 0 Å². The molecular weight excluding hydrogens is 416 g/mol. The third kappa shape index (κ3) is 6.14. The topological polar surface area (TPSA) is 117 Å². The van der Waals surface area contributed by atoms with Crippen molar-refractivity contribution in [2.75, 3.05) is 44.9 Å². The predicted octanol–water partition coefficient (Wildman–Crippen LogP) is -0.299. The molecule has 2 heterocycles. The lowest BCUT2D eigenvalue weighted by molar-refractivity contribution is 0.0729. The molecule has 1 unspecified atom stereocenters. The average Bonchev–Trinajstić information content (AvgIpc) is 3.05. The lowest BCUT2D eigenvalue weighted by atomic mass is 10.1. The number of nitrogens with one attached hydrogen (secondary N) is 2. The number of aliphatic imine (C=N–C) groups is 1. The lowest BCUT2D eigenvalue weighted by Gasteiger charge is -2.26. The van der Waals surface area contributed by atoms with Crippen molar-refractivity contribution in [3.63, 3.8) is 0 Å². The number of hydrogen-bond donors (Lipinski definition) is 2. The molecule has 0 amide bonds. The molecule has 2 N–H and O–H groups in total. The van der Waals surface area contributed by atoms with Gasteiger partial charge in [-0.25, -0.2) is 16.8 Å². The van der Waals surface area contributed by atoms with E-state index in [2.05, 4.69) is 15.6 Å². The van der Waals surface area contributed by atoms with Crippen LogP contribution in [0.25, 0.3) is 0 Å². The Kier molecular flexibility index (Phi) is 7.14. The van der Waals surface area contributed by atoms with Gasteiger partial charge in [0, 0.05) is 32.7 Å². The van der Waals surface area contributed by atoms with Crippen LogP contribution in [0.5, 0.6) is 0 Å². The number of benzene rings is 1. The maximum Gasteiger partial charge on any atom is 0.218 e. The number of guanidine groups is 1. The van der Waals surface area contributed by atoms with Crippen LogP contribution in [0.4, 0.5) is 0 Å². The van der Waals surface area contributed by atoms with Crippen molar-refractivity contribution in [3.05, 3.63) is 35.4 Å². The number of ether oxygens (including phenoxy) is 1. The summed E-state index contributed by atoms with van der Waals surface area (Å²) in [5.74, 6) is 0.710. The first kappa shape index (κ1) is 22.0. The molecule has 0 bridgehead atoms. The summed E-state index contributed by atoms with van der Waals surface area (Å²) in [7, 11) is -4.78. The van der Waals surface area contributed by atoms with Crippen molar-refractivity contribution in [1.82, 2.24) is 14.9 Å². The van der Waals surface area contributed by atoms with E-state index in [1.54, 1.807) is 7.05 Å². The summed E-state index contributed by atoms with van der Waals surface area (Å²) < 4.78 is 55.5. The monoisotopic (exact) mass is 444 g/mol. The van der Waals surface area contributed by atoms with Gasteiger partial charge in [0.05, 0.1) is 30.5 Å². The summed E-state index contributed by atoms with van der Waals surface area (Å²) in [6.07, 6.45) is 0.553. The zero-order valence-electron chi connectivity index (χ0n) is 16.5. The molecule has 2 aliphatic heterocycles. The van der Waals surface area contributed by atoms with Crippen molar-refractivity contribution in [1.29, 1.82) is 0 Å². The van der Waals surface area contributed by atoms with Crippen molar-refractivity contribution >= 4 is 25.8 Å². The minimum absolute atomic E-state index is 0.0717. The first-order valence-corrected chi connectivity index (χ1v) is 13.0. The first-order valence-electron chi connectivity index (χ1n) is 9.59. The molecule has 2 saturated heterocycles. The Bertz CT molecular complexity index is 941. The molecular formula is C18H28N4O5S2. The van der Waals surface area contributed by atoms with Crippen molar-refractivity contribution in [2.24, 2.45) is 4.99 Å². The Hall–Kier alpha value is -1.69. The van der Waals surface area contributed by atoms with E-state index >= 15 is 0 Å². The second-order valence-electron chi connectivity index (χ2n) is 7.21. The lowest BCUT2D eigenvalue weighted by Crippen LogP contribution is -2.43. The maximum atomic E-state index is 12.7. The van der Waals surface area contributed by atoms with Crippen LogP contribution in [0.15, 0.2) is 29.3 Å². The Morgan fingerprint density at radius 3 is 2.55 bits per heavy atom. The van der Waals surface area contributed by atoms with Gasteiger partial charge in [0.2, 0.25) is 10.0 Å². The molecule has 1 aromatic rings. The molecule has 0 saturated carbocycles. The van der Waals surface area contributed by atoms with Gasteiger partial charge in [0.15, 0.2) is 15.8 Å². The fourth-order valence-electron chi connectivity index (χ4n) is 3.46. The van der Waals surface area contributed by atoms with Gasteiger partial charge in [0.25, 0.3) is 0 Å². The van der Waals surface area contributed by atoms with E-state index < -0.39 is 19.9 Å². The molecule has 9 nitrogen and oxygen atoms in total. The summed E-state index contributed by atoms with van der Waals surface area (Å²) >= 11 is 0. The summed E-state index contributed by atoms with van der Waals surface area (Å²) in [5.41, 5.74) is 1.58. The van der Waals surface area contributed by atoms with Gasteiger partial charge in [-0.1, -0.05) is 24.3 Å². The van der Waals surface area contributed by atoms with Crippen LogP contribution >= 0.6 is 0 Å². The molecule has 1 atom stereocenters. The molecule has 2 fully saturated rings. The van der Waals surface area contributed by atoms with Crippen LogP contribution in [0.2, 0.25) is 0 Å². The van der Waals surface area contributed by atoms with Gasteiger partial charge in [-0.15, -0.1) is 0 Å². The van der Waals surface area contributed by atoms with E-state index in [1.807, 2.05) is 24.3 Å². The highest BCUT2D eigenvalue weighted by atomic mass is 32.2. The van der Waals surface area contributed by atoms with Crippen LogP contribution in [0, 0.1) is 0 Å². The second kappa shape index (κ2) is 9.41. The molecule has 2 aliphatic rings. The van der Waals surface area contributed by atoms with Crippen molar-refractivity contribution in [2.45, 2.75) is 24.8 Å². The SMILES string of the molecule is CN=C(NCc1ccccc1CS(=O)(=O)N1CCOCC1)NC1CCS(=O)(=O)C1. The van der Waals surface area contributed by atoms with E-state index in [1.165, 1.54) is 4.31 Å². The van der Waals surface area contributed by atoms with E-state index in [0.29, 0.717) is 45.2 Å². The number of rotatable bonds is 6. The molecule has 1 aromatic carbocycles. The number of morpholine rings is 1. The van der Waals surface area contributed by atoms with Gasteiger partial charge >= 0.3 is 0 Å². The van der Waals surface area contributed by atoms with Gasteiger partial charge in [0.1, 0.15) is 0 Å². The maximum absolute atomic E-state index is 12.7. The summed E-state index contributed by atoms with van der Waals surface area (Å²) in [5, 5.41) is 6.29. The highest BCUT2D eigenvalue weighted by molar-refractivity contribution is 7.91. The van der Waals surface area contributed by atoms with Crippen LogP contribution in [-0.2, 0) is 36.9 Å². The fourth-order valence-corrected chi connectivity index (χ4v) is 6.70. The normalized spacial score (nSPS) is 23.1. The second-order valence-corrected chi connectivity index (χ2v) is 11.4. The minimum Gasteiger partial charge on any atom is -0.379 e. The zero-order chi connectivity index (χ0) is 20.9. The largest absolute Gasteiger partial charge is 0.379 e. The molecule has 162 valence electrons. The van der Waals surface area contributed by atoms with Crippen LogP contribution in [0.1, 0.15) is 17.5 Å². The summed E-state index contributed by atoms with van der Waals surface area (Å²) in [6, 6.07) is 7.22. The van der Waals surface area contributed by atoms with E-state index in [4.69, 9.17) is 4.74 Å². The van der Waals surface area contributed by atoms with E-state index in [9.17, 15) is 16.8 Å². The van der Waals surface area contributed by atoms with Gasteiger partial charge in [-0.05, 0) is 17.5 Å². The molecule has 0 spiro atoms. The molecule has 0 aromatic heterocycles. The fraction of sp³-hybridized carbons (Fsp3) is 0.611. The van der Waals surface area contributed by atoms with Gasteiger partial charge in [-0.2, -0.15) is 4.31 Å². The summed E-state index contributed by atoms with van der Waals surface area (Å²) in [4.78, 5) is 4.15. The molecule has 11 heteroatoms.